The van der Waals surface area contributed by atoms with Gasteiger partial charge in [-0.25, -0.2) is 29.4 Å². The second-order valence-corrected chi connectivity index (χ2v) is 42.1. The summed E-state index contributed by atoms with van der Waals surface area (Å²) in [6, 6.07) is 39.4. The first-order valence-corrected chi connectivity index (χ1v) is 53.3. The maximum Gasteiger partial charge on any atom is 0.424 e. The Morgan fingerprint density at radius 2 is 1.28 bits per heavy atom. The predicted octanol–water partition coefficient (Wildman–Crippen LogP) is 15.0. The first kappa shape index (κ1) is 120. The van der Waals surface area contributed by atoms with E-state index < -0.39 is 83.8 Å². The van der Waals surface area contributed by atoms with Crippen LogP contribution in [-0.2, 0) is 107 Å². The number of ether oxygens (including phenoxy) is 7. The van der Waals surface area contributed by atoms with Crippen LogP contribution in [0.1, 0.15) is 230 Å². The molecule has 148 heavy (non-hydrogen) atoms. The molecule has 2 aromatic heterocycles. The number of nitrogens with zero attached hydrogens (tertiary/aromatic N) is 9. The molecule has 5 aromatic carbocycles. The van der Waals surface area contributed by atoms with Crippen molar-refractivity contribution in [1.29, 1.82) is 0 Å². The van der Waals surface area contributed by atoms with Crippen molar-refractivity contribution in [2.24, 2.45) is 41.2 Å². The molecular formula is C113H162N14O20S. The van der Waals surface area contributed by atoms with Crippen LogP contribution in [0.15, 0.2) is 145 Å². The van der Waals surface area contributed by atoms with Crippen LogP contribution in [0.2, 0.25) is 0 Å². The van der Waals surface area contributed by atoms with Gasteiger partial charge >= 0.3 is 24.2 Å². The lowest BCUT2D eigenvalue weighted by Crippen LogP contribution is -2.60. The predicted molar refractivity (Wildman–Crippen MR) is 569 cm³/mol. The van der Waals surface area contributed by atoms with Gasteiger partial charge in [0.05, 0.1) is 88.1 Å². The molecule has 0 bridgehead atoms. The van der Waals surface area contributed by atoms with E-state index in [4.69, 9.17) is 38.9 Å². The number of methoxy groups -OCH3 is 2. The number of para-hydroxylation sites is 1. The number of aromatic nitrogens is 2. The minimum Gasteiger partial charge on any atom is -0.460 e. The minimum absolute atomic E-state index is 0.0105. The average Bonchev–Trinajstić information content (AvgIpc) is 1.61. The molecule has 0 radical (unpaired) electrons. The number of likely N-dealkylation sites (N-methyl/N-ethyl adjacent to an activating group) is 2. The van der Waals surface area contributed by atoms with Crippen LogP contribution >= 0.6 is 11.3 Å². The molecule has 35 heteroatoms. The third-order valence-electron chi connectivity index (χ3n) is 28.4. The SMILES string of the molecule is CCC(=O)[C@H](CCCNC(N)=O)NC(=O)[C@@H](CC(=O)CCC(=O)N(CCOCCOCCC(=O)OC(C)(C)C)C1CCN(C(=O)CCn2c(CN(C)N(C)C(=O)OCC3c4ccccc4-c4ccccc43)cc3ccccc32)CC1)C(C)C.CC[C@H](C)[C@@H]([C@@H](CC(=O)N1CCC[C@H]1[C@H](OC)[C@@H](C)C(=O)N[C@@H](Cc1ccccc1)c1nccs1)OC)N(C)C(=O)[C@@H](NC(=O)[C@H](C(C)C)N(C)C(=O)OCc1ccc(C)cc1)C(C)C. The van der Waals surface area contributed by atoms with Crippen LogP contribution in [-0.4, -0.2) is 283 Å². The molecule has 810 valence electrons. The minimum atomic E-state index is -0.938. The van der Waals surface area contributed by atoms with Gasteiger partial charge in [0, 0.05) is 154 Å². The van der Waals surface area contributed by atoms with E-state index in [1.54, 1.807) is 77.0 Å². The summed E-state index contributed by atoms with van der Waals surface area (Å²) in [5.74, 6) is -4.96. The number of thiazole rings is 1. The molecule has 0 spiro atoms. The zero-order valence-corrected chi connectivity index (χ0v) is 91.4. The van der Waals surface area contributed by atoms with Gasteiger partial charge in [-0.2, -0.15) is 0 Å². The van der Waals surface area contributed by atoms with E-state index in [-0.39, 0.29) is 192 Å². The molecule has 2 fully saturated rings. The number of rotatable bonds is 55. The Balaban J connectivity index is 0.000000339. The Morgan fingerprint density at radius 1 is 0.635 bits per heavy atom. The van der Waals surface area contributed by atoms with Crippen LogP contribution in [0.4, 0.5) is 14.4 Å². The lowest BCUT2D eigenvalue weighted by atomic mass is 9.88. The molecule has 7 aromatic rings. The third-order valence-corrected chi connectivity index (χ3v) is 29.3. The fourth-order valence-electron chi connectivity index (χ4n) is 19.9. The second kappa shape index (κ2) is 58.8. The first-order valence-electron chi connectivity index (χ1n) is 52.4. The molecule has 11 atom stereocenters. The number of benzene rings is 5. The van der Waals surface area contributed by atoms with E-state index >= 15 is 0 Å². The van der Waals surface area contributed by atoms with Crippen molar-refractivity contribution in [3.8, 4) is 11.1 Å². The maximum absolute atomic E-state index is 14.6. The normalized spacial score (nSPS) is 15.7. The van der Waals surface area contributed by atoms with Crippen molar-refractivity contribution in [3.05, 3.63) is 184 Å². The maximum atomic E-state index is 14.6. The molecular weight excluding hydrogens is 1910 g/mol. The zero-order chi connectivity index (χ0) is 108. The summed E-state index contributed by atoms with van der Waals surface area (Å²) in [4.78, 5) is 188. The Hall–Kier alpha value is -12.0. The highest BCUT2D eigenvalue weighted by atomic mass is 32.1. The van der Waals surface area contributed by atoms with Crippen molar-refractivity contribution in [3.63, 3.8) is 0 Å². The van der Waals surface area contributed by atoms with Crippen LogP contribution in [0.3, 0.4) is 0 Å². The van der Waals surface area contributed by atoms with Crippen LogP contribution in [0, 0.1) is 42.4 Å². The zero-order valence-electron chi connectivity index (χ0n) is 90.6. The highest BCUT2D eigenvalue weighted by molar-refractivity contribution is 7.09. The number of hydrogen-bond acceptors (Lipinski definition) is 23. The Labute approximate surface area is 878 Å². The highest BCUT2D eigenvalue weighted by Gasteiger charge is 2.46. The summed E-state index contributed by atoms with van der Waals surface area (Å²) >= 11 is 1.49. The molecule has 3 aliphatic rings. The molecule has 6 N–H and O–H groups in total. The number of carbonyl (C=O) groups is 13. The molecule has 1 aliphatic carbocycles. The van der Waals surface area contributed by atoms with Crippen molar-refractivity contribution in [1.82, 2.24) is 65.3 Å². The molecule has 34 nitrogen and oxygen atoms in total. The summed E-state index contributed by atoms with van der Waals surface area (Å²) in [7, 11) is 9.88. The van der Waals surface area contributed by atoms with Gasteiger partial charge in [-0.05, 0) is 147 Å². The van der Waals surface area contributed by atoms with Gasteiger partial charge in [0.15, 0.2) is 5.78 Å². The quantitative estimate of drug-likeness (QED) is 0.0102. The van der Waals surface area contributed by atoms with E-state index in [1.807, 2.05) is 195 Å². The summed E-state index contributed by atoms with van der Waals surface area (Å²) in [5.41, 5.74) is 14.0. The number of aryl methyl sites for hydroxylation is 2. The fourth-order valence-corrected chi connectivity index (χ4v) is 20.6. The number of likely N-dealkylation sites (tertiary alicyclic amines) is 2. The lowest BCUT2D eigenvalue weighted by Gasteiger charge is -2.41. The summed E-state index contributed by atoms with van der Waals surface area (Å²) in [6.45, 7) is 29.7. The third kappa shape index (κ3) is 34.8. The van der Waals surface area contributed by atoms with Gasteiger partial charge in [-0.3, -0.25) is 52.8 Å². The number of piperidine rings is 1. The number of hydrogen-bond donors (Lipinski definition) is 5. The van der Waals surface area contributed by atoms with Crippen LogP contribution in [0.5, 0.6) is 0 Å². The number of esters is 1. The monoisotopic (exact) mass is 2070 g/mol. The van der Waals surface area contributed by atoms with Gasteiger partial charge in [-0.15, -0.1) is 11.3 Å². The standard InChI is InChI=1S/C63H88N8O12.C50H74N6O8S/c1-9-56(73)54(22-16-30-65-61(64)78)66-60(77)52(43(2)3)40-47(72)24-25-58(75)71(34-36-81-38-37-80-35-29-59(76)83-63(4,5)6)45-26-31-69(32-27-45)57(74)28-33-70-46(39-44-17-10-15-23-55(44)70)41-67(7)68(8)62(79)82-42-53-50-20-13-11-18-48(50)49-19-12-14-21-51(49)53;1-13-34(7)44(54(9)49(60)42(31(2)3)53-47(59)43(32(4)5)55(10)50(61)64-30-37-23-21-33(6)22-24-37)40(62-11)29-41(57)56-26-17-20-39(56)45(63-12)35(8)46(58)52-38(48-51-25-27-65-48)28-36-18-15-14-16-19-36/h10-15,17-21,23,39,43,45,52-54H,9,16,22,24-38,40-42H2,1-8H3,(H,66,77)(H3,64,65,78);14-16,18-19,21-25,27,31-32,34-35,38-40,42-45H,13,17,20,26,28-30H2,1-12H3,(H,52,58)(H,53,59)/t52-,54-;34-,35+,38-,39-,40+,42-,43-,44-,45+/m00/s1. The Bertz CT molecular complexity index is 5430. The number of carbonyl (C=O) groups excluding carboxylic acids is 13. The van der Waals surface area contributed by atoms with Crippen molar-refractivity contribution in [2.75, 3.05) is 108 Å². The molecule has 2 saturated heterocycles. The molecule has 0 unspecified atom stereocenters. The number of fused-ring (bicyclic) bond motifs is 4. The van der Waals surface area contributed by atoms with E-state index in [1.165, 1.54) is 28.3 Å². The molecule has 0 saturated carbocycles. The summed E-state index contributed by atoms with van der Waals surface area (Å²) in [5, 5.41) is 18.5. The number of primary amides is 1. The van der Waals surface area contributed by atoms with E-state index in [0.717, 1.165) is 67.0 Å². The Kier molecular flexibility index (Phi) is 47.5. The van der Waals surface area contributed by atoms with E-state index in [0.29, 0.717) is 77.7 Å². The molecule has 11 amide bonds. The van der Waals surface area contributed by atoms with Crippen LogP contribution in [0.25, 0.3) is 22.0 Å². The fraction of sp³-hybridized carbons (Fsp3) is 0.575. The van der Waals surface area contributed by atoms with Gasteiger partial charge in [0.1, 0.15) is 41.7 Å². The van der Waals surface area contributed by atoms with Gasteiger partial charge in [0.2, 0.25) is 41.4 Å². The average molecular weight is 2070 g/mol. The van der Waals surface area contributed by atoms with Crippen molar-refractivity contribution >= 4 is 99.3 Å². The van der Waals surface area contributed by atoms with E-state index in [2.05, 4.69) is 61.2 Å². The lowest BCUT2D eigenvalue weighted by molar-refractivity contribution is -0.156. The smallest absolute Gasteiger partial charge is 0.424 e. The van der Waals surface area contributed by atoms with Gasteiger partial charge in [0.25, 0.3) is 0 Å². The molecule has 2 aliphatic heterocycles. The number of nitrogens with two attached hydrogens (primary N) is 1. The van der Waals surface area contributed by atoms with Gasteiger partial charge in [-0.1, -0.05) is 203 Å². The number of hydrazine groups is 1. The van der Waals surface area contributed by atoms with Crippen LogP contribution < -0.4 is 27.0 Å². The summed E-state index contributed by atoms with van der Waals surface area (Å²) < 4.78 is 42.7. The number of amides is 11. The Morgan fingerprint density at radius 3 is 1.89 bits per heavy atom. The number of ketones is 2. The molecule has 4 heterocycles. The number of Topliss-reactive ketones (excluding diaryl/α,β-unsaturated/α-hetero) is 2. The first-order chi connectivity index (χ1) is 70.6. The van der Waals surface area contributed by atoms with Gasteiger partial charge < -0.3 is 84.3 Å². The number of urea groups is 1. The van der Waals surface area contributed by atoms with Crippen molar-refractivity contribution in [2.45, 2.75) is 279 Å². The second-order valence-electron chi connectivity index (χ2n) is 41.2. The molecule has 10 rings (SSSR count). The number of nitrogens with one attached hydrogen (secondary N) is 4. The van der Waals surface area contributed by atoms with E-state index in [9.17, 15) is 62.3 Å². The highest BCUT2D eigenvalue weighted by Crippen LogP contribution is 2.45. The summed E-state index contributed by atoms with van der Waals surface area (Å²) in [6.07, 6.45) is 3.96. The van der Waals surface area contributed by atoms with Crippen molar-refractivity contribution < 1.29 is 95.5 Å². The topological polar surface area (TPSA) is 401 Å². The largest absolute Gasteiger partial charge is 0.460 e.